The molecule has 0 spiro atoms. The number of aliphatic imine (C=N–C) groups is 1. The molecule has 1 heterocycles. The molecule has 0 radical (unpaired) electrons. The summed E-state index contributed by atoms with van der Waals surface area (Å²) in [5.41, 5.74) is 1.76. The smallest absolute Gasteiger partial charge is 0.191 e. The normalized spacial score (nSPS) is 13.6. The van der Waals surface area contributed by atoms with E-state index in [1.54, 1.807) is 24.5 Å². The molecule has 148 valence electrons. The van der Waals surface area contributed by atoms with Gasteiger partial charge >= 0.3 is 0 Å². The Morgan fingerprint density at radius 3 is 2.52 bits per heavy atom. The van der Waals surface area contributed by atoms with Crippen LogP contribution in [0.15, 0.2) is 45.6 Å². The van der Waals surface area contributed by atoms with Gasteiger partial charge in [0.25, 0.3) is 0 Å². The zero-order valence-corrected chi connectivity index (χ0v) is 18.1. The number of rotatable bonds is 7. The number of thiophene rings is 1. The molecule has 0 amide bonds. The SMILES string of the molecule is CN=C(NCc1ccc(S(C)(=O)=O)c(C)c1)NCC(c1cccs1)N(C)C. The Hall–Kier alpha value is -1.90. The fourth-order valence-electron chi connectivity index (χ4n) is 2.86. The van der Waals surface area contributed by atoms with Gasteiger partial charge < -0.3 is 15.5 Å². The third-order valence-electron chi connectivity index (χ3n) is 4.28. The standard InChI is InChI=1S/C19H28N4O2S2/c1-14-11-15(8-9-18(14)27(5,24)25)12-21-19(20-2)22-13-16(23(3)4)17-7-6-10-26-17/h6-11,16H,12-13H2,1-5H3,(H2,20,21,22). The predicted molar refractivity (Wildman–Crippen MR) is 113 cm³/mol. The van der Waals surface area contributed by atoms with Crippen LogP contribution in [-0.2, 0) is 16.4 Å². The number of aryl methyl sites for hydroxylation is 1. The van der Waals surface area contributed by atoms with Gasteiger partial charge in [0, 0.05) is 31.3 Å². The minimum absolute atomic E-state index is 0.264. The van der Waals surface area contributed by atoms with Gasteiger partial charge in [-0.25, -0.2) is 8.42 Å². The highest BCUT2D eigenvalue weighted by Gasteiger charge is 2.15. The quantitative estimate of drug-likeness (QED) is 0.544. The maximum atomic E-state index is 11.7. The number of guanidine groups is 1. The first kappa shape index (κ1) is 21.4. The first-order valence-corrected chi connectivity index (χ1v) is 11.4. The molecule has 0 saturated carbocycles. The lowest BCUT2D eigenvalue weighted by Crippen LogP contribution is -2.41. The van der Waals surface area contributed by atoms with Crippen LogP contribution in [0.3, 0.4) is 0 Å². The van der Waals surface area contributed by atoms with Crippen LogP contribution in [0.2, 0.25) is 0 Å². The van der Waals surface area contributed by atoms with Gasteiger partial charge in [-0.3, -0.25) is 4.99 Å². The molecule has 6 nitrogen and oxygen atoms in total. The lowest BCUT2D eigenvalue weighted by Gasteiger charge is -2.24. The molecular formula is C19H28N4O2S2. The molecule has 0 aliphatic rings. The molecule has 1 atom stereocenters. The van der Waals surface area contributed by atoms with Gasteiger partial charge in [0.05, 0.1) is 10.9 Å². The molecular weight excluding hydrogens is 380 g/mol. The van der Waals surface area contributed by atoms with E-state index in [-0.39, 0.29) is 6.04 Å². The second kappa shape index (κ2) is 9.34. The summed E-state index contributed by atoms with van der Waals surface area (Å²) in [6.07, 6.45) is 1.23. The maximum absolute atomic E-state index is 11.7. The Kier molecular flexibility index (Phi) is 7.41. The van der Waals surface area contributed by atoms with Crippen LogP contribution in [0.4, 0.5) is 0 Å². The van der Waals surface area contributed by atoms with Crippen molar-refractivity contribution in [1.29, 1.82) is 0 Å². The zero-order chi connectivity index (χ0) is 20.0. The summed E-state index contributed by atoms with van der Waals surface area (Å²) in [5, 5.41) is 8.74. The van der Waals surface area contributed by atoms with Crippen molar-refractivity contribution in [2.75, 3.05) is 33.9 Å². The molecule has 8 heteroatoms. The van der Waals surface area contributed by atoms with Crippen LogP contribution in [0, 0.1) is 6.92 Å². The van der Waals surface area contributed by atoms with E-state index in [1.807, 2.05) is 19.1 Å². The van der Waals surface area contributed by atoms with Gasteiger partial charge in [-0.2, -0.15) is 0 Å². The van der Waals surface area contributed by atoms with E-state index in [0.29, 0.717) is 17.4 Å². The van der Waals surface area contributed by atoms with Crippen molar-refractivity contribution in [3.8, 4) is 0 Å². The fourth-order valence-corrected chi connectivity index (χ4v) is 4.74. The Balaban J connectivity index is 1.97. The van der Waals surface area contributed by atoms with Crippen LogP contribution in [-0.4, -0.2) is 53.2 Å². The molecule has 0 aliphatic carbocycles. The van der Waals surface area contributed by atoms with E-state index >= 15 is 0 Å². The van der Waals surface area contributed by atoms with Crippen molar-refractivity contribution in [2.24, 2.45) is 4.99 Å². The lowest BCUT2D eigenvalue weighted by molar-refractivity contribution is 0.302. The second-order valence-electron chi connectivity index (χ2n) is 6.67. The van der Waals surface area contributed by atoms with Gasteiger partial charge in [0.2, 0.25) is 0 Å². The topological polar surface area (TPSA) is 73.8 Å². The van der Waals surface area contributed by atoms with Crippen LogP contribution in [0.5, 0.6) is 0 Å². The Morgan fingerprint density at radius 1 is 1.26 bits per heavy atom. The predicted octanol–water partition coefficient (Wildman–Crippen LogP) is 2.43. The third kappa shape index (κ3) is 6.05. The van der Waals surface area contributed by atoms with Crippen LogP contribution in [0.1, 0.15) is 22.0 Å². The fraction of sp³-hybridized carbons (Fsp3) is 0.421. The van der Waals surface area contributed by atoms with E-state index in [9.17, 15) is 8.42 Å². The highest BCUT2D eigenvalue weighted by Crippen LogP contribution is 2.22. The third-order valence-corrected chi connectivity index (χ3v) is 6.51. The molecule has 2 rings (SSSR count). The second-order valence-corrected chi connectivity index (χ2v) is 9.64. The highest BCUT2D eigenvalue weighted by atomic mass is 32.2. The minimum Gasteiger partial charge on any atom is -0.354 e. The van der Waals surface area contributed by atoms with Crippen LogP contribution in [0.25, 0.3) is 0 Å². The molecule has 1 aromatic heterocycles. The van der Waals surface area contributed by atoms with Gasteiger partial charge in [0.15, 0.2) is 15.8 Å². The summed E-state index contributed by atoms with van der Waals surface area (Å²) in [6.45, 7) is 3.12. The van der Waals surface area contributed by atoms with E-state index in [1.165, 1.54) is 11.1 Å². The number of likely N-dealkylation sites (N-methyl/N-ethyl adjacent to an activating group) is 1. The molecule has 2 N–H and O–H groups in total. The molecule has 27 heavy (non-hydrogen) atoms. The molecule has 0 saturated heterocycles. The van der Waals surface area contributed by atoms with E-state index in [4.69, 9.17) is 0 Å². The lowest BCUT2D eigenvalue weighted by atomic mass is 10.1. The van der Waals surface area contributed by atoms with E-state index < -0.39 is 9.84 Å². The summed E-state index contributed by atoms with van der Waals surface area (Å²) < 4.78 is 23.5. The summed E-state index contributed by atoms with van der Waals surface area (Å²) in [5.74, 6) is 0.711. The monoisotopic (exact) mass is 408 g/mol. The van der Waals surface area contributed by atoms with E-state index in [2.05, 4.69) is 52.1 Å². The molecule has 0 bridgehead atoms. The van der Waals surface area contributed by atoms with Crippen LogP contribution >= 0.6 is 11.3 Å². The minimum atomic E-state index is -3.19. The molecule has 2 aromatic rings. The van der Waals surface area contributed by atoms with Crippen molar-refractivity contribution in [3.05, 3.63) is 51.7 Å². The summed E-state index contributed by atoms with van der Waals surface area (Å²) in [7, 11) is 2.67. The molecule has 0 aliphatic heterocycles. The number of benzene rings is 1. The Morgan fingerprint density at radius 2 is 2.00 bits per heavy atom. The first-order chi connectivity index (χ1) is 12.7. The summed E-state index contributed by atoms with van der Waals surface area (Å²) in [6, 6.07) is 9.85. The Bertz CT molecular complexity index is 875. The molecule has 1 aromatic carbocycles. The van der Waals surface area contributed by atoms with E-state index in [0.717, 1.165) is 17.7 Å². The van der Waals surface area contributed by atoms with Crippen molar-refractivity contribution in [1.82, 2.24) is 15.5 Å². The van der Waals surface area contributed by atoms with Gasteiger partial charge in [-0.05, 0) is 49.7 Å². The highest BCUT2D eigenvalue weighted by molar-refractivity contribution is 7.90. The molecule has 1 unspecified atom stereocenters. The van der Waals surface area contributed by atoms with Crippen molar-refractivity contribution < 1.29 is 8.42 Å². The number of hydrogen-bond acceptors (Lipinski definition) is 5. The number of nitrogens with zero attached hydrogens (tertiary/aromatic N) is 2. The van der Waals surface area contributed by atoms with Crippen molar-refractivity contribution in [3.63, 3.8) is 0 Å². The first-order valence-electron chi connectivity index (χ1n) is 8.66. The van der Waals surface area contributed by atoms with Crippen molar-refractivity contribution in [2.45, 2.75) is 24.4 Å². The summed E-state index contributed by atoms with van der Waals surface area (Å²) in [4.78, 5) is 8.13. The number of sulfone groups is 1. The zero-order valence-electron chi connectivity index (χ0n) is 16.5. The van der Waals surface area contributed by atoms with Crippen LogP contribution < -0.4 is 10.6 Å². The number of nitrogens with one attached hydrogen (secondary N) is 2. The van der Waals surface area contributed by atoms with Crippen molar-refractivity contribution >= 4 is 27.1 Å². The van der Waals surface area contributed by atoms with Gasteiger partial charge in [-0.15, -0.1) is 11.3 Å². The average Bonchev–Trinajstić information content (AvgIpc) is 3.10. The maximum Gasteiger partial charge on any atom is 0.191 e. The Labute approximate surface area is 166 Å². The van der Waals surface area contributed by atoms with Gasteiger partial charge in [0.1, 0.15) is 0 Å². The van der Waals surface area contributed by atoms with Gasteiger partial charge in [-0.1, -0.05) is 18.2 Å². The molecule has 0 fully saturated rings. The average molecular weight is 409 g/mol. The number of hydrogen-bond donors (Lipinski definition) is 2. The summed E-state index contributed by atoms with van der Waals surface area (Å²) >= 11 is 1.74. The largest absolute Gasteiger partial charge is 0.354 e.